The van der Waals surface area contributed by atoms with E-state index in [2.05, 4.69) is 315 Å². The molecule has 0 N–H and O–H groups in total. The van der Waals surface area contributed by atoms with Gasteiger partial charge >= 0.3 is 0 Å². The van der Waals surface area contributed by atoms with Gasteiger partial charge in [0, 0.05) is 53.2 Å². The van der Waals surface area contributed by atoms with Crippen molar-refractivity contribution in [3.63, 3.8) is 0 Å². The van der Waals surface area contributed by atoms with E-state index in [1.54, 1.807) is 22.7 Å². The number of hydrogen-bond acceptors (Lipinski definition) is 6. The third-order valence-electron chi connectivity index (χ3n) is 15.8. The first kappa shape index (κ1) is 52.1. The monoisotopic (exact) mass is 1130 g/mol. The van der Waals surface area contributed by atoms with Gasteiger partial charge in [0.15, 0.2) is 11.6 Å². The maximum Gasteiger partial charge on any atom is 0.161 e. The molecule has 0 aliphatic heterocycles. The van der Waals surface area contributed by atoms with Crippen LogP contribution in [0.3, 0.4) is 0 Å². The molecule has 0 radical (unpaired) electrons. The van der Waals surface area contributed by atoms with Gasteiger partial charge in [0.25, 0.3) is 0 Å². The lowest BCUT2D eigenvalue weighted by Crippen LogP contribution is -1.95. The van der Waals surface area contributed by atoms with Crippen molar-refractivity contribution in [1.29, 1.82) is 0 Å². The first-order chi connectivity index (χ1) is 42.6. The Morgan fingerprint density at radius 1 is 0.186 bits per heavy atom. The lowest BCUT2D eigenvalue weighted by molar-refractivity contribution is 1.24. The van der Waals surface area contributed by atoms with E-state index in [1.807, 2.05) is 0 Å². The predicted octanol–water partition coefficient (Wildman–Crippen LogP) is 22.4. The molecule has 0 spiro atoms. The molecule has 0 fully saturated rings. The van der Waals surface area contributed by atoms with Crippen molar-refractivity contribution < 1.29 is 0 Å². The second kappa shape index (κ2) is 23.1. The summed E-state index contributed by atoms with van der Waals surface area (Å²) in [5, 5.41) is 4.60. The molecule has 4 nitrogen and oxygen atoms in total. The summed E-state index contributed by atoms with van der Waals surface area (Å²) in [6.07, 6.45) is 0. The van der Waals surface area contributed by atoms with E-state index in [4.69, 9.17) is 19.9 Å². The molecule has 86 heavy (non-hydrogen) atoms. The topological polar surface area (TPSA) is 51.6 Å². The minimum atomic E-state index is 0.731. The highest BCUT2D eigenvalue weighted by Crippen LogP contribution is 2.44. The molecule has 0 saturated heterocycles. The van der Waals surface area contributed by atoms with Crippen LogP contribution < -0.4 is 0 Å². The van der Waals surface area contributed by atoms with Crippen LogP contribution in [0.25, 0.3) is 153 Å². The Kier molecular flexibility index (Phi) is 14.0. The van der Waals surface area contributed by atoms with E-state index < -0.39 is 0 Å². The Hall–Kier alpha value is -10.8. The van der Waals surface area contributed by atoms with Crippen LogP contribution in [0, 0.1) is 0 Å². The summed E-state index contributed by atoms with van der Waals surface area (Å²) in [6, 6.07) is 111. The molecule has 0 unspecified atom stereocenters. The molecule has 0 aliphatic rings. The van der Waals surface area contributed by atoms with Crippen LogP contribution in [0.2, 0.25) is 0 Å². The zero-order chi connectivity index (χ0) is 57.2. The first-order valence-electron chi connectivity index (χ1n) is 28.8. The molecule has 16 rings (SSSR count). The molecule has 16 aromatic rings. The second-order valence-electron chi connectivity index (χ2n) is 21.3. The van der Waals surface area contributed by atoms with Crippen molar-refractivity contribution in [2.24, 2.45) is 0 Å². The van der Waals surface area contributed by atoms with Gasteiger partial charge in [0.2, 0.25) is 0 Å². The smallest absolute Gasteiger partial charge is 0.161 e. The Balaban J connectivity index is 0.000000145. The normalized spacial score (nSPS) is 11.3. The minimum absolute atomic E-state index is 0.731. The van der Waals surface area contributed by atoms with Gasteiger partial charge in [-0.05, 0) is 121 Å². The van der Waals surface area contributed by atoms with Gasteiger partial charge in [-0.3, -0.25) is 0 Å². The third-order valence-corrected chi connectivity index (χ3v) is 17.9. The number of hydrogen-bond donors (Lipinski definition) is 0. The maximum absolute atomic E-state index is 5.36. The summed E-state index contributed by atoms with van der Waals surface area (Å²) in [5.41, 5.74) is 20.1. The average molecular weight is 1130 g/mol. The maximum atomic E-state index is 5.36. The van der Waals surface area contributed by atoms with Crippen molar-refractivity contribution in [3.05, 3.63) is 315 Å². The summed E-state index contributed by atoms with van der Waals surface area (Å²) in [4.78, 5) is 23.1. The fourth-order valence-corrected chi connectivity index (χ4v) is 13.7. The Morgan fingerprint density at radius 3 is 0.849 bits per heavy atom. The number of rotatable bonds is 10. The summed E-state index contributed by atoms with van der Waals surface area (Å²) in [5.74, 6) is 1.46. The molecule has 12 aromatic carbocycles. The van der Waals surface area contributed by atoms with Crippen LogP contribution >= 0.6 is 22.7 Å². The predicted molar refractivity (Wildman–Crippen MR) is 364 cm³/mol. The molecule has 6 heteroatoms. The summed E-state index contributed by atoms with van der Waals surface area (Å²) in [6.45, 7) is 0. The van der Waals surface area contributed by atoms with E-state index in [0.29, 0.717) is 0 Å². The van der Waals surface area contributed by atoms with Crippen molar-refractivity contribution in [1.82, 2.24) is 19.9 Å². The largest absolute Gasteiger partial charge is 0.227 e. The molecular formula is C80H52N4S2. The number of thiophene rings is 2. The molecule has 0 aliphatic carbocycles. The molecule has 0 amide bonds. The fourth-order valence-electron chi connectivity index (χ4n) is 11.6. The quantitative estimate of drug-likeness (QED) is 0.137. The van der Waals surface area contributed by atoms with E-state index in [9.17, 15) is 0 Å². The average Bonchev–Trinajstić information content (AvgIpc) is 3.19. The van der Waals surface area contributed by atoms with Crippen LogP contribution in [0.4, 0.5) is 0 Å². The Bertz CT molecular complexity index is 4950. The van der Waals surface area contributed by atoms with Crippen molar-refractivity contribution in [2.75, 3.05) is 0 Å². The second-order valence-corrected chi connectivity index (χ2v) is 23.4. The lowest BCUT2D eigenvalue weighted by atomic mass is 9.95. The highest BCUT2D eigenvalue weighted by molar-refractivity contribution is 7.26. The Morgan fingerprint density at radius 2 is 0.453 bits per heavy atom. The van der Waals surface area contributed by atoms with E-state index in [1.165, 1.54) is 64.7 Å². The summed E-state index contributed by atoms with van der Waals surface area (Å²) >= 11 is 3.46. The van der Waals surface area contributed by atoms with Crippen molar-refractivity contribution in [2.45, 2.75) is 0 Å². The molecule has 4 heterocycles. The SMILES string of the molecule is c1ccc(-c2cc(-c3ccccc3)cc(-c3nc(-c4cccc(-c5ccccc5)c4)c4c(n3)sc3ccccc34)c2)cc1.c1ccc(-c2ccc(-c3nc(-c4cc(-c5ccccc5)cc(-c5ccccc5)c4)nc4sc5ccccc5c34)cc2)cc1. The minimum Gasteiger partial charge on any atom is -0.227 e. The standard InChI is InChI=1S/2C40H26N2S/c1-4-13-27(14-5-1)30-19-12-20-31(23-30)38-37-35-21-10-11-22-36(35)43-40(37)42-39(41-38)34-25-32(28-15-6-2-7-16-28)24-33(26-34)29-17-8-3-9-18-29;1-4-12-27(13-5-1)30-20-22-31(23-21-30)38-37-35-18-10-11-19-36(35)43-40(37)42-39(41-38)34-25-32(28-14-6-2-7-15-28)24-33(26-34)29-16-8-3-9-17-29/h2*1-26H. The van der Waals surface area contributed by atoms with Crippen molar-refractivity contribution in [3.8, 4) is 112 Å². The molecule has 0 atom stereocenters. The summed E-state index contributed by atoms with van der Waals surface area (Å²) in [7, 11) is 0. The highest BCUT2D eigenvalue weighted by atomic mass is 32.1. The van der Waals surface area contributed by atoms with Crippen molar-refractivity contribution >= 4 is 63.3 Å². The van der Waals surface area contributed by atoms with Crippen LogP contribution in [-0.4, -0.2) is 19.9 Å². The van der Waals surface area contributed by atoms with Gasteiger partial charge in [0.1, 0.15) is 9.66 Å². The van der Waals surface area contributed by atoms with Crippen LogP contribution in [0.5, 0.6) is 0 Å². The fraction of sp³-hybridized carbons (Fsp3) is 0. The van der Waals surface area contributed by atoms with Gasteiger partial charge in [0.05, 0.1) is 11.4 Å². The van der Waals surface area contributed by atoms with Crippen LogP contribution in [-0.2, 0) is 0 Å². The zero-order valence-corrected chi connectivity index (χ0v) is 48.3. The highest BCUT2D eigenvalue weighted by Gasteiger charge is 2.21. The molecule has 0 saturated carbocycles. The number of fused-ring (bicyclic) bond motifs is 6. The van der Waals surface area contributed by atoms with E-state index in [0.717, 1.165) is 88.0 Å². The first-order valence-corrected chi connectivity index (χ1v) is 30.5. The van der Waals surface area contributed by atoms with Gasteiger partial charge in [-0.1, -0.05) is 261 Å². The van der Waals surface area contributed by atoms with Gasteiger partial charge in [-0.15, -0.1) is 22.7 Å². The van der Waals surface area contributed by atoms with Crippen LogP contribution in [0.1, 0.15) is 0 Å². The van der Waals surface area contributed by atoms with Crippen LogP contribution in [0.15, 0.2) is 315 Å². The lowest BCUT2D eigenvalue weighted by Gasteiger charge is -2.12. The van der Waals surface area contributed by atoms with Gasteiger partial charge < -0.3 is 0 Å². The number of aromatic nitrogens is 4. The molecule has 404 valence electrons. The Labute approximate surface area is 507 Å². The number of nitrogens with zero attached hydrogens (tertiary/aromatic N) is 4. The number of benzene rings is 12. The van der Waals surface area contributed by atoms with Gasteiger partial charge in [-0.25, -0.2) is 19.9 Å². The van der Waals surface area contributed by atoms with E-state index >= 15 is 0 Å². The molecule has 4 aromatic heterocycles. The third kappa shape index (κ3) is 10.5. The zero-order valence-electron chi connectivity index (χ0n) is 46.6. The summed E-state index contributed by atoms with van der Waals surface area (Å²) < 4.78 is 2.43. The molecular weight excluding hydrogens is 1080 g/mol. The molecule has 0 bridgehead atoms. The van der Waals surface area contributed by atoms with E-state index in [-0.39, 0.29) is 0 Å². The van der Waals surface area contributed by atoms with Gasteiger partial charge in [-0.2, -0.15) is 0 Å².